The van der Waals surface area contributed by atoms with Gasteiger partial charge < -0.3 is 9.47 Å². The van der Waals surface area contributed by atoms with E-state index in [1.54, 1.807) is 4.90 Å². The molecule has 1 unspecified atom stereocenters. The molecule has 0 fully saturated rings. The zero-order valence-corrected chi connectivity index (χ0v) is 12.0. The molecule has 1 N–H and O–H groups in total. The maximum absolute atomic E-state index is 11.9. The van der Waals surface area contributed by atoms with Crippen molar-refractivity contribution in [2.45, 2.75) is 52.2 Å². The molecule has 0 spiro atoms. The Balaban J connectivity index is 1.92. The van der Waals surface area contributed by atoms with Crippen molar-refractivity contribution in [3.8, 4) is 0 Å². The fourth-order valence-corrected chi connectivity index (χ4v) is 2.32. The van der Waals surface area contributed by atoms with Crippen LogP contribution in [0.25, 0.3) is 0 Å². The summed E-state index contributed by atoms with van der Waals surface area (Å²) in [5.74, 6) is 2.13. The van der Waals surface area contributed by atoms with Crippen LogP contribution in [0, 0.1) is 0 Å². The zero-order chi connectivity index (χ0) is 13.8. The van der Waals surface area contributed by atoms with E-state index in [1.165, 1.54) is 12.8 Å². The molecule has 1 amide bonds. The van der Waals surface area contributed by atoms with Crippen molar-refractivity contribution in [1.29, 1.82) is 0 Å². The third-order valence-corrected chi connectivity index (χ3v) is 3.72. The first-order chi connectivity index (χ1) is 9.13. The molecule has 0 saturated carbocycles. The molecule has 0 radical (unpaired) electrons. The second-order valence-corrected chi connectivity index (χ2v) is 5.10. The molecule has 2 rings (SSSR count). The Morgan fingerprint density at radius 1 is 1.47 bits per heavy atom. The van der Waals surface area contributed by atoms with E-state index in [2.05, 4.69) is 20.1 Å². The minimum atomic E-state index is -0.193. The van der Waals surface area contributed by atoms with Crippen LogP contribution in [0.3, 0.4) is 0 Å². The van der Waals surface area contributed by atoms with Crippen molar-refractivity contribution in [1.82, 2.24) is 25.0 Å². The van der Waals surface area contributed by atoms with Crippen molar-refractivity contribution >= 4 is 5.91 Å². The highest BCUT2D eigenvalue weighted by molar-refractivity contribution is 5.81. The van der Waals surface area contributed by atoms with Crippen molar-refractivity contribution in [3.05, 3.63) is 11.6 Å². The van der Waals surface area contributed by atoms with Gasteiger partial charge in [0.15, 0.2) is 0 Å². The lowest BCUT2D eigenvalue weighted by Crippen LogP contribution is -2.43. The summed E-state index contributed by atoms with van der Waals surface area (Å²) in [4.78, 5) is 13.7. The summed E-state index contributed by atoms with van der Waals surface area (Å²) in [6, 6.07) is -0.193. The molecule has 0 saturated heterocycles. The minimum absolute atomic E-state index is 0.112. The molecule has 106 valence electrons. The van der Waals surface area contributed by atoms with Gasteiger partial charge in [-0.1, -0.05) is 0 Å². The summed E-state index contributed by atoms with van der Waals surface area (Å²) in [7, 11) is 1.82. The highest BCUT2D eigenvalue weighted by atomic mass is 16.2. The Kier molecular flexibility index (Phi) is 4.52. The lowest BCUT2D eigenvalue weighted by atomic mass is 10.1. The van der Waals surface area contributed by atoms with Crippen molar-refractivity contribution < 1.29 is 4.79 Å². The average molecular weight is 265 g/mol. The number of carbonyl (C=O) groups is 1. The van der Waals surface area contributed by atoms with Gasteiger partial charge in [0.1, 0.15) is 11.6 Å². The van der Waals surface area contributed by atoms with Gasteiger partial charge in [-0.3, -0.25) is 10.1 Å². The van der Waals surface area contributed by atoms with Gasteiger partial charge >= 0.3 is 0 Å². The van der Waals surface area contributed by atoms with Gasteiger partial charge in [0, 0.05) is 26.6 Å². The van der Waals surface area contributed by atoms with E-state index >= 15 is 0 Å². The number of nitrogens with zero attached hydrogens (tertiary/aromatic N) is 4. The molecule has 1 aliphatic heterocycles. The molecule has 0 aromatic carbocycles. The lowest BCUT2D eigenvalue weighted by molar-refractivity contribution is -0.131. The summed E-state index contributed by atoms with van der Waals surface area (Å²) in [6.45, 7) is 6.18. The molecule has 1 atom stereocenters. The van der Waals surface area contributed by atoms with Gasteiger partial charge in [-0.2, -0.15) is 0 Å². The van der Waals surface area contributed by atoms with E-state index in [0.29, 0.717) is 6.54 Å². The monoisotopic (exact) mass is 265 g/mol. The first-order valence-corrected chi connectivity index (χ1v) is 7.02. The molecule has 0 bridgehead atoms. The van der Waals surface area contributed by atoms with Crippen molar-refractivity contribution in [2.24, 2.45) is 0 Å². The summed E-state index contributed by atoms with van der Waals surface area (Å²) in [5, 5.41) is 11.7. The number of hydrogen-bond acceptors (Lipinski definition) is 4. The molecular formula is C13H23N5O. The molecule has 2 heterocycles. The fourth-order valence-electron chi connectivity index (χ4n) is 2.32. The van der Waals surface area contributed by atoms with Crippen molar-refractivity contribution in [2.75, 3.05) is 13.6 Å². The van der Waals surface area contributed by atoms with Gasteiger partial charge in [0.2, 0.25) is 5.91 Å². The number of rotatable bonds is 5. The quantitative estimate of drug-likeness (QED) is 0.845. The molecule has 0 aliphatic carbocycles. The van der Waals surface area contributed by atoms with E-state index in [0.717, 1.165) is 31.2 Å². The minimum Gasteiger partial charge on any atom is -0.345 e. The molecule has 1 aliphatic rings. The largest absolute Gasteiger partial charge is 0.345 e. The Morgan fingerprint density at radius 2 is 2.26 bits per heavy atom. The van der Waals surface area contributed by atoms with Gasteiger partial charge in [-0.25, -0.2) is 0 Å². The van der Waals surface area contributed by atoms with Crippen LogP contribution in [0.4, 0.5) is 0 Å². The van der Waals surface area contributed by atoms with Crippen LogP contribution in [0.2, 0.25) is 0 Å². The normalized spacial score (nSPS) is 15.9. The Hall–Kier alpha value is -1.43. The average Bonchev–Trinajstić information content (AvgIpc) is 2.86. The molecule has 19 heavy (non-hydrogen) atoms. The SMILES string of the molecule is CCN(C)C(=O)C(C)NCc1nnc2n1CCCC2. The van der Waals surface area contributed by atoms with Crippen molar-refractivity contribution in [3.63, 3.8) is 0 Å². The molecule has 1 aromatic rings. The standard InChI is InChI=1S/C13H23N5O/c1-4-17(3)13(19)10(2)14-9-12-16-15-11-7-5-6-8-18(11)12/h10,14H,4-9H2,1-3H3. The summed E-state index contributed by atoms with van der Waals surface area (Å²) < 4.78 is 2.18. The van der Waals surface area contributed by atoms with Crippen LogP contribution in [0.5, 0.6) is 0 Å². The molecule has 6 heteroatoms. The second-order valence-electron chi connectivity index (χ2n) is 5.10. The smallest absolute Gasteiger partial charge is 0.239 e. The first kappa shape index (κ1) is 14.0. The number of hydrogen-bond donors (Lipinski definition) is 1. The Morgan fingerprint density at radius 3 is 3.00 bits per heavy atom. The molecular weight excluding hydrogens is 242 g/mol. The number of aromatic nitrogens is 3. The van der Waals surface area contributed by atoms with E-state index in [4.69, 9.17) is 0 Å². The predicted molar refractivity (Wildman–Crippen MR) is 72.6 cm³/mol. The van der Waals surface area contributed by atoms with Crippen LogP contribution >= 0.6 is 0 Å². The van der Waals surface area contributed by atoms with Crippen LogP contribution in [-0.4, -0.2) is 45.2 Å². The van der Waals surface area contributed by atoms with Crippen LogP contribution in [0.15, 0.2) is 0 Å². The highest BCUT2D eigenvalue weighted by Gasteiger charge is 2.19. The summed E-state index contributed by atoms with van der Waals surface area (Å²) >= 11 is 0. The van der Waals surface area contributed by atoms with E-state index in [-0.39, 0.29) is 11.9 Å². The number of likely N-dealkylation sites (N-methyl/N-ethyl adjacent to an activating group) is 1. The fraction of sp³-hybridized carbons (Fsp3) is 0.769. The topological polar surface area (TPSA) is 63.1 Å². The number of carbonyl (C=O) groups excluding carboxylic acids is 1. The van der Waals surface area contributed by atoms with E-state index < -0.39 is 0 Å². The number of amides is 1. The molecule has 1 aromatic heterocycles. The van der Waals surface area contributed by atoms with Gasteiger partial charge in [0.25, 0.3) is 0 Å². The lowest BCUT2D eigenvalue weighted by Gasteiger charge is -2.21. The second kappa shape index (κ2) is 6.14. The Labute approximate surface area is 114 Å². The maximum Gasteiger partial charge on any atom is 0.239 e. The van der Waals surface area contributed by atoms with Gasteiger partial charge in [-0.05, 0) is 26.7 Å². The third kappa shape index (κ3) is 3.12. The van der Waals surface area contributed by atoms with Gasteiger partial charge in [0.05, 0.1) is 12.6 Å². The third-order valence-electron chi connectivity index (χ3n) is 3.72. The van der Waals surface area contributed by atoms with Crippen LogP contribution in [-0.2, 0) is 24.3 Å². The van der Waals surface area contributed by atoms with E-state index in [9.17, 15) is 4.79 Å². The maximum atomic E-state index is 11.9. The number of aryl methyl sites for hydroxylation is 1. The number of fused-ring (bicyclic) bond motifs is 1. The van der Waals surface area contributed by atoms with Crippen LogP contribution in [0.1, 0.15) is 38.3 Å². The van der Waals surface area contributed by atoms with E-state index in [1.807, 2.05) is 20.9 Å². The Bertz CT molecular complexity index is 442. The summed E-state index contributed by atoms with van der Waals surface area (Å²) in [6.07, 6.45) is 3.40. The molecule has 6 nitrogen and oxygen atoms in total. The zero-order valence-electron chi connectivity index (χ0n) is 12.0. The van der Waals surface area contributed by atoms with Crippen LogP contribution < -0.4 is 5.32 Å². The summed E-state index contributed by atoms with van der Waals surface area (Å²) in [5.41, 5.74) is 0. The first-order valence-electron chi connectivity index (χ1n) is 7.02. The number of nitrogens with one attached hydrogen (secondary N) is 1. The predicted octanol–water partition coefficient (Wildman–Crippen LogP) is 0.571. The highest BCUT2D eigenvalue weighted by Crippen LogP contribution is 2.14. The van der Waals surface area contributed by atoms with Gasteiger partial charge in [-0.15, -0.1) is 10.2 Å².